The lowest BCUT2D eigenvalue weighted by atomic mass is 10.1. The Morgan fingerprint density at radius 1 is 0.826 bits per heavy atom. The molecule has 0 spiro atoms. The molecular formula is C17H28N4O2. The third kappa shape index (κ3) is 7.04. The molecule has 0 saturated carbocycles. The Labute approximate surface area is 138 Å². The number of urea groups is 2. The van der Waals surface area contributed by atoms with Crippen LogP contribution < -0.4 is 21.3 Å². The maximum atomic E-state index is 12.1. The molecule has 4 N–H and O–H groups in total. The van der Waals surface area contributed by atoms with Crippen LogP contribution in [0, 0.1) is 0 Å². The van der Waals surface area contributed by atoms with Crippen molar-refractivity contribution in [2.45, 2.75) is 58.8 Å². The van der Waals surface area contributed by atoms with Crippen LogP contribution in [0.25, 0.3) is 0 Å². The van der Waals surface area contributed by atoms with E-state index < -0.39 is 6.17 Å². The molecule has 0 aromatic heterocycles. The van der Waals surface area contributed by atoms with Gasteiger partial charge in [-0.3, -0.25) is 0 Å². The Kier molecular flexibility index (Phi) is 7.94. The summed E-state index contributed by atoms with van der Waals surface area (Å²) in [6, 6.07) is 8.86. The van der Waals surface area contributed by atoms with E-state index in [9.17, 15) is 9.59 Å². The van der Waals surface area contributed by atoms with Gasteiger partial charge in [0.15, 0.2) is 0 Å². The van der Waals surface area contributed by atoms with Crippen molar-refractivity contribution in [3.63, 3.8) is 0 Å². The van der Waals surface area contributed by atoms with Crippen LogP contribution in [0.5, 0.6) is 0 Å². The van der Waals surface area contributed by atoms with Crippen molar-refractivity contribution < 1.29 is 9.59 Å². The maximum Gasteiger partial charge on any atom is 0.316 e. The number of rotatable bonds is 7. The summed E-state index contributed by atoms with van der Waals surface area (Å²) in [6.07, 6.45) is 1.08. The van der Waals surface area contributed by atoms with Gasteiger partial charge in [0.1, 0.15) is 6.17 Å². The monoisotopic (exact) mass is 320 g/mol. The van der Waals surface area contributed by atoms with Crippen LogP contribution in [0.3, 0.4) is 0 Å². The molecule has 6 nitrogen and oxygen atoms in total. The van der Waals surface area contributed by atoms with Gasteiger partial charge in [-0.2, -0.15) is 0 Å². The zero-order valence-electron chi connectivity index (χ0n) is 14.3. The molecule has 0 saturated heterocycles. The lowest BCUT2D eigenvalue weighted by Gasteiger charge is -2.23. The summed E-state index contributed by atoms with van der Waals surface area (Å²) in [5, 5.41) is 11.3. The number of amides is 4. The highest BCUT2D eigenvalue weighted by Crippen LogP contribution is 2.09. The lowest BCUT2D eigenvalue weighted by Crippen LogP contribution is -2.50. The van der Waals surface area contributed by atoms with Gasteiger partial charge in [0.2, 0.25) is 0 Å². The molecule has 4 amide bonds. The fourth-order valence-corrected chi connectivity index (χ4v) is 1.85. The molecule has 0 bridgehead atoms. The van der Waals surface area contributed by atoms with Crippen molar-refractivity contribution in [3.8, 4) is 0 Å². The minimum atomic E-state index is -0.593. The van der Waals surface area contributed by atoms with Crippen LogP contribution in [-0.2, 0) is 0 Å². The van der Waals surface area contributed by atoms with Crippen LogP contribution in [0.2, 0.25) is 0 Å². The second-order valence-corrected chi connectivity index (χ2v) is 5.70. The molecule has 23 heavy (non-hydrogen) atoms. The Balaban J connectivity index is 2.74. The zero-order chi connectivity index (χ0) is 17.2. The molecule has 2 atom stereocenters. The molecule has 0 radical (unpaired) electrons. The van der Waals surface area contributed by atoms with Gasteiger partial charge in [-0.25, -0.2) is 9.59 Å². The number of carbonyl (C=O) groups excluding carboxylic acids is 2. The van der Waals surface area contributed by atoms with Crippen LogP contribution in [0.15, 0.2) is 30.3 Å². The largest absolute Gasteiger partial charge is 0.336 e. The fourth-order valence-electron chi connectivity index (χ4n) is 1.85. The van der Waals surface area contributed by atoms with Crippen LogP contribution in [-0.4, -0.2) is 24.1 Å². The van der Waals surface area contributed by atoms with E-state index in [-0.39, 0.29) is 24.1 Å². The highest BCUT2D eigenvalue weighted by Gasteiger charge is 2.18. The molecule has 6 heteroatoms. The number of hydrogen-bond acceptors (Lipinski definition) is 2. The van der Waals surface area contributed by atoms with Gasteiger partial charge in [-0.05, 0) is 32.3 Å². The summed E-state index contributed by atoms with van der Waals surface area (Å²) in [7, 11) is 0. The van der Waals surface area contributed by atoms with Gasteiger partial charge in [0.25, 0.3) is 0 Å². The van der Waals surface area contributed by atoms with Gasteiger partial charge >= 0.3 is 12.1 Å². The third-order valence-electron chi connectivity index (χ3n) is 3.66. The molecule has 1 aromatic carbocycles. The van der Waals surface area contributed by atoms with Crippen LogP contribution in [0.4, 0.5) is 9.59 Å². The number of carbonyl (C=O) groups is 2. The molecule has 1 rings (SSSR count). The molecule has 0 fully saturated rings. The topological polar surface area (TPSA) is 82.3 Å². The van der Waals surface area contributed by atoms with Crippen molar-refractivity contribution in [1.29, 1.82) is 0 Å². The molecule has 2 unspecified atom stereocenters. The summed E-state index contributed by atoms with van der Waals surface area (Å²) in [5.74, 6) is 0. The van der Waals surface area contributed by atoms with Crippen molar-refractivity contribution in [2.24, 2.45) is 0 Å². The lowest BCUT2D eigenvalue weighted by molar-refractivity contribution is 0.222. The summed E-state index contributed by atoms with van der Waals surface area (Å²) < 4.78 is 0. The molecular weight excluding hydrogens is 292 g/mol. The highest BCUT2D eigenvalue weighted by molar-refractivity contribution is 5.78. The minimum Gasteiger partial charge on any atom is -0.336 e. The quantitative estimate of drug-likeness (QED) is 0.583. The van der Waals surface area contributed by atoms with Crippen molar-refractivity contribution in [3.05, 3.63) is 35.9 Å². The van der Waals surface area contributed by atoms with Crippen molar-refractivity contribution in [1.82, 2.24) is 21.3 Å². The molecule has 0 heterocycles. The molecule has 0 aliphatic heterocycles. The predicted molar refractivity (Wildman–Crippen MR) is 92.0 cm³/mol. The van der Waals surface area contributed by atoms with E-state index in [4.69, 9.17) is 0 Å². The predicted octanol–water partition coefficient (Wildman–Crippen LogP) is 2.88. The van der Waals surface area contributed by atoms with Crippen LogP contribution in [0.1, 0.15) is 52.3 Å². The Morgan fingerprint density at radius 3 is 1.65 bits per heavy atom. The SMILES string of the molecule is CCC(C)NC(=O)NC(NC(=O)NC(C)CC)c1ccccc1. The van der Waals surface area contributed by atoms with E-state index in [1.54, 1.807) is 0 Å². The highest BCUT2D eigenvalue weighted by atomic mass is 16.2. The normalized spacial score (nSPS) is 14.3. The summed E-state index contributed by atoms with van der Waals surface area (Å²) in [4.78, 5) is 24.1. The van der Waals surface area contributed by atoms with E-state index in [0.717, 1.165) is 18.4 Å². The van der Waals surface area contributed by atoms with Gasteiger partial charge in [0.05, 0.1) is 0 Å². The Morgan fingerprint density at radius 2 is 1.26 bits per heavy atom. The first-order chi connectivity index (χ1) is 11.0. The van der Waals surface area contributed by atoms with E-state index in [1.165, 1.54) is 0 Å². The van der Waals surface area contributed by atoms with Gasteiger partial charge < -0.3 is 21.3 Å². The van der Waals surface area contributed by atoms with E-state index in [1.807, 2.05) is 58.0 Å². The smallest absolute Gasteiger partial charge is 0.316 e. The molecule has 0 aliphatic rings. The third-order valence-corrected chi connectivity index (χ3v) is 3.66. The number of benzene rings is 1. The first-order valence-electron chi connectivity index (χ1n) is 8.15. The maximum absolute atomic E-state index is 12.1. The van der Waals surface area contributed by atoms with E-state index in [2.05, 4.69) is 21.3 Å². The molecule has 1 aromatic rings. The van der Waals surface area contributed by atoms with Gasteiger partial charge in [-0.1, -0.05) is 44.2 Å². The average Bonchev–Trinajstić information content (AvgIpc) is 2.54. The average molecular weight is 320 g/mol. The standard InChI is InChI=1S/C17H28N4O2/c1-5-12(3)18-16(22)20-15(14-10-8-7-9-11-14)21-17(23)19-13(4)6-2/h7-13,15H,5-6H2,1-4H3,(H2,18,20,22)(H2,19,21,23). The van der Waals surface area contributed by atoms with Crippen molar-refractivity contribution >= 4 is 12.1 Å². The van der Waals surface area contributed by atoms with E-state index >= 15 is 0 Å². The van der Waals surface area contributed by atoms with Gasteiger partial charge in [0, 0.05) is 12.1 Å². The van der Waals surface area contributed by atoms with Crippen LogP contribution >= 0.6 is 0 Å². The first-order valence-corrected chi connectivity index (χ1v) is 8.15. The van der Waals surface area contributed by atoms with E-state index in [0.29, 0.717) is 0 Å². The number of nitrogens with one attached hydrogen (secondary N) is 4. The van der Waals surface area contributed by atoms with Gasteiger partial charge in [-0.15, -0.1) is 0 Å². The first kappa shape index (κ1) is 18.8. The van der Waals surface area contributed by atoms with Crippen molar-refractivity contribution in [2.75, 3.05) is 0 Å². The molecule has 128 valence electrons. The molecule has 0 aliphatic carbocycles. The second kappa shape index (κ2) is 9.71. The Hall–Kier alpha value is -2.24. The summed E-state index contributed by atoms with van der Waals surface area (Å²) >= 11 is 0. The number of hydrogen-bond donors (Lipinski definition) is 4. The summed E-state index contributed by atoms with van der Waals surface area (Å²) in [6.45, 7) is 7.86. The minimum absolute atomic E-state index is 0.0698. The Bertz CT molecular complexity index is 467. The second-order valence-electron chi connectivity index (χ2n) is 5.70. The fraction of sp³-hybridized carbons (Fsp3) is 0.529. The zero-order valence-corrected chi connectivity index (χ0v) is 14.3. The summed E-state index contributed by atoms with van der Waals surface area (Å²) in [5.41, 5.74) is 0.811.